The minimum Gasteiger partial charge on any atom is -0.501 e. The molecule has 0 saturated heterocycles. The fraction of sp³-hybridized carbons (Fsp3) is 0.667. The van der Waals surface area contributed by atoms with Gasteiger partial charge in [-0.05, 0) is 12.8 Å². The van der Waals surface area contributed by atoms with Gasteiger partial charge in [0, 0.05) is 12.5 Å². The van der Waals surface area contributed by atoms with Crippen molar-refractivity contribution >= 4 is 5.78 Å². The molecule has 0 unspecified atom stereocenters. The molecule has 0 aliphatic rings. The van der Waals surface area contributed by atoms with Gasteiger partial charge in [0.15, 0.2) is 5.78 Å². The molecule has 0 atom stereocenters. The van der Waals surface area contributed by atoms with Crippen LogP contribution in [0.25, 0.3) is 0 Å². The second-order valence-corrected chi connectivity index (χ2v) is 3.02. The Balaban J connectivity index is 3.86. The second kappa shape index (κ2) is 4.94. The van der Waals surface area contributed by atoms with Crippen molar-refractivity contribution in [1.82, 2.24) is 0 Å². The molecule has 0 rings (SSSR count). The third kappa shape index (κ3) is 5.64. The molecule has 64 valence electrons. The molecule has 0 N–H and O–H groups in total. The summed E-state index contributed by atoms with van der Waals surface area (Å²) in [4.78, 5) is 11.1. The maximum atomic E-state index is 11.1. The molecule has 0 saturated carbocycles. The summed E-state index contributed by atoms with van der Waals surface area (Å²) in [6, 6.07) is 0. The molecule has 2 heteroatoms. The fourth-order valence-electron chi connectivity index (χ4n) is 0.747. The number of carbonyl (C=O) groups is 1. The molecule has 0 aromatic rings. The standard InChI is InChI=1S/C9H16O2/c1-7(2)5-9(10)6-8(3)11-4/h6-7H,5H2,1-4H3/b8-6-. The van der Waals surface area contributed by atoms with Crippen molar-refractivity contribution < 1.29 is 9.53 Å². The average molecular weight is 156 g/mol. The highest BCUT2D eigenvalue weighted by molar-refractivity contribution is 5.90. The van der Waals surface area contributed by atoms with Gasteiger partial charge in [-0.15, -0.1) is 0 Å². The number of ether oxygens (including phenoxy) is 1. The predicted octanol–water partition coefficient (Wildman–Crippen LogP) is 2.15. The largest absolute Gasteiger partial charge is 0.501 e. The Kier molecular flexibility index (Phi) is 4.59. The molecule has 0 radical (unpaired) electrons. The fourth-order valence-corrected chi connectivity index (χ4v) is 0.747. The number of rotatable bonds is 4. The highest BCUT2D eigenvalue weighted by Gasteiger charge is 2.01. The lowest BCUT2D eigenvalue weighted by Gasteiger charge is -2.00. The van der Waals surface area contributed by atoms with Crippen LogP contribution in [0.15, 0.2) is 11.8 Å². The Labute approximate surface area is 68.2 Å². The minimum absolute atomic E-state index is 0.138. The van der Waals surface area contributed by atoms with Crippen molar-refractivity contribution in [2.24, 2.45) is 5.92 Å². The van der Waals surface area contributed by atoms with E-state index in [-0.39, 0.29) is 5.78 Å². The van der Waals surface area contributed by atoms with E-state index < -0.39 is 0 Å². The summed E-state index contributed by atoms with van der Waals surface area (Å²) < 4.78 is 4.84. The maximum absolute atomic E-state index is 11.1. The van der Waals surface area contributed by atoms with Gasteiger partial charge in [-0.25, -0.2) is 0 Å². The monoisotopic (exact) mass is 156 g/mol. The molecule has 0 heterocycles. The van der Waals surface area contributed by atoms with Gasteiger partial charge in [0.1, 0.15) is 0 Å². The molecule has 0 aromatic carbocycles. The molecule has 0 fully saturated rings. The summed E-state index contributed by atoms with van der Waals surface area (Å²) in [6.07, 6.45) is 2.14. The third-order valence-electron chi connectivity index (χ3n) is 1.30. The van der Waals surface area contributed by atoms with Gasteiger partial charge in [-0.3, -0.25) is 4.79 Å². The van der Waals surface area contributed by atoms with E-state index in [0.717, 1.165) is 0 Å². The summed E-state index contributed by atoms with van der Waals surface area (Å²) in [5.74, 6) is 1.23. The van der Waals surface area contributed by atoms with Crippen molar-refractivity contribution in [3.05, 3.63) is 11.8 Å². The molecule has 0 aliphatic heterocycles. The van der Waals surface area contributed by atoms with Crippen LogP contribution in [0.4, 0.5) is 0 Å². The van der Waals surface area contributed by atoms with Gasteiger partial charge < -0.3 is 4.74 Å². The van der Waals surface area contributed by atoms with E-state index in [9.17, 15) is 4.79 Å². The number of allylic oxidation sites excluding steroid dienone is 2. The molecule has 2 nitrogen and oxygen atoms in total. The van der Waals surface area contributed by atoms with Crippen LogP contribution in [-0.4, -0.2) is 12.9 Å². The Morgan fingerprint density at radius 1 is 1.55 bits per heavy atom. The van der Waals surface area contributed by atoms with Crippen molar-refractivity contribution in [2.45, 2.75) is 27.2 Å². The van der Waals surface area contributed by atoms with Crippen LogP contribution >= 0.6 is 0 Å². The molecule has 11 heavy (non-hydrogen) atoms. The average Bonchev–Trinajstić information content (AvgIpc) is 1.85. The Hall–Kier alpha value is -0.790. The Bertz CT molecular complexity index is 157. The van der Waals surface area contributed by atoms with Crippen LogP contribution < -0.4 is 0 Å². The third-order valence-corrected chi connectivity index (χ3v) is 1.30. The molecule has 0 aliphatic carbocycles. The van der Waals surface area contributed by atoms with E-state index in [0.29, 0.717) is 18.1 Å². The number of hydrogen-bond donors (Lipinski definition) is 0. The van der Waals surface area contributed by atoms with E-state index in [2.05, 4.69) is 0 Å². The van der Waals surface area contributed by atoms with Crippen molar-refractivity contribution in [3.8, 4) is 0 Å². The lowest BCUT2D eigenvalue weighted by molar-refractivity contribution is -0.115. The van der Waals surface area contributed by atoms with E-state index in [1.807, 2.05) is 13.8 Å². The van der Waals surface area contributed by atoms with Crippen molar-refractivity contribution in [3.63, 3.8) is 0 Å². The van der Waals surface area contributed by atoms with Crippen LogP contribution in [0.1, 0.15) is 27.2 Å². The van der Waals surface area contributed by atoms with Crippen molar-refractivity contribution in [2.75, 3.05) is 7.11 Å². The zero-order chi connectivity index (χ0) is 8.85. The van der Waals surface area contributed by atoms with Crippen LogP contribution in [-0.2, 0) is 9.53 Å². The van der Waals surface area contributed by atoms with E-state index >= 15 is 0 Å². The Morgan fingerprint density at radius 2 is 2.09 bits per heavy atom. The first-order valence-electron chi connectivity index (χ1n) is 3.81. The van der Waals surface area contributed by atoms with Crippen LogP contribution in [0.2, 0.25) is 0 Å². The van der Waals surface area contributed by atoms with Gasteiger partial charge in [0.2, 0.25) is 0 Å². The molecular weight excluding hydrogens is 140 g/mol. The lowest BCUT2D eigenvalue weighted by atomic mass is 10.1. The number of carbonyl (C=O) groups excluding carboxylic acids is 1. The highest BCUT2D eigenvalue weighted by atomic mass is 16.5. The second-order valence-electron chi connectivity index (χ2n) is 3.02. The maximum Gasteiger partial charge on any atom is 0.159 e. The van der Waals surface area contributed by atoms with Gasteiger partial charge in [-0.2, -0.15) is 0 Å². The normalized spacial score (nSPS) is 11.9. The van der Waals surface area contributed by atoms with Gasteiger partial charge >= 0.3 is 0 Å². The smallest absolute Gasteiger partial charge is 0.159 e. The zero-order valence-corrected chi connectivity index (χ0v) is 7.68. The Morgan fingerprint density at radius 3 is 2.45 bits per heavy atom. The summed E-state index contributed by atoms with van der Waals surface area (Å²) in [7, 11) is 1.56. The molecule has 0 bridgehead atoms. The van der Waals surface area contributed by atoms with Crippen molar-refractivity contribution in [1.29, 1.82) is 0 Å². The first-order valence-corrected chi connectivity index (χ1v) is 3.81. The van der Waals surface area contributed by atoms with E-state index in [4.69, 9.17) is 4.74 Å². The molecule has 0 spiro atoms. The number of methoxy groups -OCH3 is 1. The topological polar surface area (TPSA) is 26.3 Å². The van der Waals surface area contributed by atoms with Crippen LogP contribution in [0, 0.1) is 5.92 Å². The SMILES string of the molecule is CO/C(C)=C\C(=O)CC(C)C. The summed E-state index contributed by atoms with van der Waals surface area (Å²) in [5.41, 5.74) is 0. The van der Waals surface area contributed by atoms with E-state index in [1.165, 1.54) is 0 Å². The molecule has 0 aromatic heterocycles. The molecular formula is C9H16O2. The lowest BCUT2D eigenvalue weighted by Crippen LogP contribution is -2.00. The first kappa shape index (κ1) is 10.2. The van der Waals surface area contributed by atoms with E-state index in [1.54, 1.807) is 20.1 Å². The summed E-state index contributed by atoms with van der Waals surface area (Å²) in [6.45, 7) is 5.82. The predicted molar refractivity (Wildman–Crippen MR) is 45.2 cm³/mol. The quantitative estimate of drug-likeness (QED) is 0.460. The highest BCUT2D eigenvalue weighted by Crippen LogP contribution is 2.03. The molecule has 0 amide bonds. The minimum atomic E-state index is 0.138. The first-order chi connectivity index (χ1) is 5.06. The van der Waals surface area contributed by atoms with Gasteiger partial charge in [-0.1, -0.05) is 13.8 Å². The summed E-state index contributed by atoms with van der Waals surface area (Å²) >= 11 is 0. The number of ketones is 1. The van der Waals surface area contributed by atoms with Gasteiger partial charge in [0.05, 0.1) is 12.9 Å². The summed E-state index contributed by atoms with van der Waals surface area (Å²) in [5, 5.41) is 0. The van der Waals surface area contributed by atoms with Crippen LogP contribution in [0.3, 0.4) is 0 Å². The van der Waals surface area contributed by atoms with Crippen LogP contribution in [0.5, 0.6) is 0 Å². The number of hydrogen-bond acceptors (Lipinski definition) is 2. The van der Waals surface area contributed by atoms with Gasteiger partial charge in [0.25, 0.3) is 0 Å². The zero-order valence-electron chi connectivity index (χ0n) is 7.68.